The molecule has 5 heteroatoms. The van der Waals surface area contributed by atoms with Crippen LogP contribution in [0.5, 0.6) is 11.5 Å². The van der Waals surface area contributed by atoms with E-state index < -0.39 is 0 Å². The van der Waals surface area contributed by atoms with Crippen LogP contribution in [0, 0.1) is 6.92 Å². The number of thiazole rings is 1. The van der Waals surface area contributed by atoms with Crippen molar-refractivity contribution in [3.8, 4) is 11.5 Å². The molecule has 1 unspecified atom stereocenters. The molecule has 0 radical (unpaired) electrons. The number of nitrogens with zero attached hydrogens (tertiary/aromatic N) is 1. The lowest BCUT2D eigenvalue weighted by Gasteiger charge is -2.15. The van der Waals surface area contributed by atoms with Gasteiger partial charge in [0.2, 0.25) is 0 Å². The van der Waals surface area contributed by atoms with Gasteiger partial charge in [-0.15, -0.1) is 11.3 Å². The molecule has 0 amide bonds. The minimum atomic E-state index is 0.168. The summed E-state index contributed by atoms with van der Waals surface area (Å²) in [5, 5.41) is 16.3. The molecule has 1 aromatic carbocycles. The van der Waals surface area contributed by atoms with Gasteiger partial charge in [-0.2, -0.15) is 0 Å². The van der Waals surface area contributed by atoms with Crippen molar-refractivity contribution in [1.29, 1.82) is 0 Å². The summed E-state index contributed by atoms with van der Waals surface area (Å²) in [5.41, 5.74) is 2.23. The molecule has 0 bridgehead atoms. The Morgan fingerprint density at radius 2 is 2.25 bits per heavy atom. The minimum Gasteiger partial charge on any atom is -0.504 e. The maximum atomic E-state index is 9.59. The molecule has 1 atom stereocenters. The van der Waals surface area contributed by atoms with Gasteiger partial charge in [0.05, 0.1) is 17.8 Å². The predicted octanol–water partition coefficient (Wildman–Crippen LogP) is 3.06. The Morgan fingerprint density at radius 3 is 2.90 bits per heavy atom. The van der Waals surface area contributed by atoms with Crippen LogP contribution in [0.3, 0.4) is 0 Å². The van der Waals surface area contributed by atoms with Crippen molar-refractivity contribution in [3.63, 3.8) is 0 Å². The Bertz CT molecular complexity index is 569. The highest BCUT2D eigenvalue weighted by molar-refractivity contribution is 7.09. The van der Waals surface area contributed by atoms with Gasteiger partial charge in [0.15, 0.2) is 11.5 Å². The lowest BCUT2D eigenvalue weighted by Crippen LogP contribution is -2.21. The Kier molecular flexibility index (Phi) is 4.98. The molecule has 2 rings (SSSR count). The van der Waals surface area contributed by atoms with Gasteiger partial charge in [0.1, 0.15) is 0 Å². The van der Waals surface area contributed by atoms with Crippen molar-refractivity contribution in [2.45, 2.75) is 26.3 Å². The van der Waals surface area contributed by atoms with Crippen LogP contribution < -0.4 is 10.1 Å². The van der Waals surface area contributed by atoms with Crippen LogP contribution in [0.1, 0.15) is 29.2 Å². The number of aromatic hydroxyl groups is 1. The van der Waals surface area contributed by atoms with E-state index in [1.807, 2.05) is 19.1 Å². The van der Waals surface area contributed by atoms with Crippen LogP contribution >= 0.6 is 11.3 Å². The first kappa shape index (κ1) is 14.8. The zero-order valence-electron chi connectivity index (χ0n) is 12.0. The zero-order chi connectivity index (χ0) is 14.5. The van der Waals surface area contributed by atoms with E-state index in [2.05, 4.69) is 22.6 Å². The van der Waals surface area contributed by atoms with Crippen molar-refractivity contribution in [2.75, 3.05) is 13.7 Å². The summed E-state index contributed by atoms with van der Waals surface area (Å²) in [6.07, 6.45) is 0.921. The lowest BCUT2D eigenvalue weighted by molar-refractivity contribution is 0.372. The monoisotopic (exact) mass is 292 g/mol. The fraction of sp³-hybridized carbons (Fsp3) is 0.400. The second-order valence-corrected chi connectivity index (χ2v) is 5.78. The molecule has 0 saturated carbocycles. The third kappa shape index (κ3) is 3.71. The van der Waals surface area contributed by atoms with Crippen LogP contribution in [0.15, 0.2) is 23.6 Å². The maximum absolute atomic E-state index is 9.59. The largest absolute Gasteiger partial charge is 0.504 e. The fourth-order valence-electron chi connectivity index (χ4n) is 2.02. The van der Waals surface area contributed by atoms with Crippen molar-refractivity contribution in [3.05, 3.63) is 39.8 Å². The number of nitrogens with one attached hydrogen (secondary N) is 1. The third-order valence-electron chi connectivity index (χ3n) is 3.20. The number of methoxy groups -OCH3 is 1. The number of ether oxygens (including phenoxy) is 1. The first-order valence-corrected chi connectivity index (χ1v) is 7.49. The first-order chi connectivity index (χ1) is 9.60. The van der Waals surface area contributed by atoms with Gasteiger partial charge in [0.25, 0.3) is 0 Å². The Hall–Kier alpha value is -1.59. The molecule has 0 saturated heterocycles. The van der Waals surface area contributed by atoms with Gasteiger partial charge >= 0.3 is 0 Å². The van der Waals surface area contributed by atoms with Crippen molar-refractivity contribution in [1.82, 2.24) is 10.3 Å². The smallest absolute Gasteiger partial charge is 0.160 e. The number of aromatic nitrogens is 1. The van der Waals surface area contributed by atoms with Crippen molar-refractivity contribution >= 4 is 11.3 Å². The molecule has 0 aliphatic rings. The summed E-state index contributed by atoms with van der Waals surface area (Å²) in [5.74, 6) is 0.674. The number of aryl methyl sites for hydroxylation is 1. The minimum absolute atomic E-state index is 0.168. The second kappa shape index (κ2) is 6.72. The number of phenols is 1. The summed E-state index contributed by atoms with van der Waals surface area (Å²) in [4.78, 5) is 4.44. The van der Waals surface area contributed by atoms with Crippen LogP contribution in [-0.4, -0.2) is 23.7 Å². The highest BCUT2D eigenvalue weighted by atomic mass is 32.1. The number of hydrogen-bond acceptors (Lipinski definition) is 5. The van der Waals surface area contributed by atoms with E-state index in [0.717, 1.165) is 29.2 Å². The summed E-state index contributed by atoms with van der Waals surface area (Å²) in [6, 6.07) is 5.63. The highest BCUT2D eigenvalue weighted by Gasteiger charge is 2.09. The molecule has 2 N–H and O–H groups in total. The third-order valence-corrected chi connectivity index (χ3v) is 4.02. The summed E-state index contributed by atoms with van der Waals surface area (Å²) in [6.45, 7) is 4.98. The van der Waals surface area contributed by atoms with E-state index in [-0.39, 0.29) is 11.8 Å². The normalized spacial score (nSPS) is 12.3. The molecule has 0 fully saturated rings. The zero-order valence-corrected chi connectivity index (χ0v) is 12.8. The van der Waals surface area contributed by atoms with Crippen LogP contribution in [0.4, 0.5) is 0 Å². The molecule has 0 spiro atoms. The lowest BCUT2D eigenvalue weighted by atomic mass is 10.1. The Morgan fingerprint density at radius 1 is 1.45 bits per heavy atom. The van der Waals surface area contributed by atoms with Crippen molar-refractivity contribution in [2.24, 2.45) is 0 Å². The molecule has 4 nitrogen and oxygen atoms in total. The van der Waals surface area contributed by atoms with Gasteiger partial charge in [0, 0.05) is 24.4 Å². The van der Waals surface area contributed by atoms with Gasteiger partial charge in [-0.05, 0) is 31.5 Å². The van der Waals surface area contributed by atoms with E-state index in [0.29, 0.717) is 5.75 Å². The molecular weight excluding hydrogens is 272 g/mol. The topological polar surface area (TPSA) is 54.4 Å². The second-order valence-electron chi connectivity index (χ2n) is 4.71. The number of benzene rings is 1. The van der Waals surface area contributed by atoms with Crippen molar-refractivity contribution < 1.29 is 9.84 Å². The molecule has 0 aliphatic heterocycles. The number of rotatable bonds is 6. The first-order valence-electron chi connectivity index (χ1n) is 6.61. The maximum Gasteiger partial charge on any atom is 0.160 e. The highest BCUT2D eigenvalue weighted by Crippen LogP contribution is 2.28. The van der Waals surface area contributed by atoms with Crippen LogP contribution in [-0.2, 0) is 6.42 Å². The molecule has 1 heterocycles. The Balaban J connectivity index is 1.89. The SMILES string of the molecule is COc1cc(C(C)NCCc2csc(C)n2)ccc1O. The predicted molar refractivity (Wildman–Crippen MR) is 81.6 cm³/mol. The summed E-state index contributed by atoms with van der Waals surface area (Å²) >= 11 is 1.68. The van der Waals surface area contributed by atoms with E-state index in [1.165, 1.54) is 0 Å². The molecule has 20 heavy (non-hydrogen) atoms. The molecule has 1 aromatic heterocycles. The fourth-order valence-corrected chi connectivity index (χ4v) is 2.67. The summed E-state index contributed by atoms with van der Waals surface area (Å²) < 4.78 is 5.13. The quantitative estimate of drug-likeness (QED) is 0.859. The standard InChI is InChI=1S/C15H20N2O2S/c1-10(12-4-5-14(18)15(8-12)19-3)16-7-6-13-9-20-11(2)17-13/h4-5,8-10,16,18H,6-7H2,1-3H3. The van der Waals surface area contributed by atoms with E-state index in [4.69, 9.17) is 4.74 Å². The van der Waals surface area contributed by atoms with Gasteiger partial charge in [-0.25, -0.2) is 4.98 Å². The summed E-state index contributed by atoms with van der Waals surface area (Å²) in [7, 11) is 1.56. The average Bonchev–Trinajstić information content (AvgIpc) is 2.85. The van der Waals surface area contributed by atoms with Crippen LogP contribution in [0.25, 0.3) is 0 Å². The number of phenolic OH excluding ortho intramolecular Hbond substituents is 1. The molecular formula is C15H20N2O2S. The van der Waals surface area contributed by atoms with E-state index in [9.17, 15) is 5.11 Å². The van der Waals surface area contributed by atoms with Gasteiger partial charge in [-0.3, -0.25) is 0 Å². The molecule has 108 valence electrons. The van der Waals surface area contributed by atoms with Gasteiger partial charge < -0.3 is 15.2 Å². The Labute approximate surface area is 123 Å². The molecule has 2 aromatic rings. The van der Waals surface area contributed by atoms with Gasteiger partial charge in [-0.1, -0.05) is 6.07 Å². The van der Waals surface area contributed by atoms with E-state index >= 15 is 0 Å². The number of hydrogen-bond donors (Lipinski definition) is 2. The molecule has 0 aliphatic carbocycles. The average molecular weight is 292 g/mol. The van der Waals surface area contributed by atoms with E-state index in [1.54, 1.807) is 24.5 Å². The van der Waals surface area contributed by atoms with Crippen LogP contribution in [0.2, 0.25) is 0 Å².